The van der Waals surface area contributed by atoms with Crippen molar-refractivity contribution in [2.45, 2.75) is 72.4 Å². The van der Waals surface area contributed by atoms with Crippen molar-refractivity contribution in [1.29, 1.82) is 0 Å². The Hall–Kier alpha value is -2.14. The summed E-state index contributed by atoms with van der Waals surface area (Å²) in [5.74, 6) is 3.28. The van der Waals surface area contributed by atoms with Gasteiger partial charge in [0.1, 0.15) is 5.76 Å². The predicted molar refractivity (Wildman–Crippen MR) is 124 cm³/mol. The molecule has 5 nitrogen and oxygen atoms in total. The molecule has 1 aromatic carbocycles. The highest BCUT2D eigenvalue weighted by atomic mass is 16.4. The van der Waals surface area contributed by atoms with Gasteiger partial charge in [-0.1, -0.05) is 44.9 Å². The average molecular weight is 424 g/mol. The minimum absolute atomic E-state index is 0.140. The van der Waals surface area contributed by atoms with E-state index < -0.39 is 0 Å². The molecular formula is C26H37N3O2. The average Bonchev–Trinajstić information content (AvgIpc) is 3.12. The first-order valence-electron chi connectivity index (χ1n) is 12.0. The second-order valence-corrected chi connectivity index (χ2v) is 9.77. The Bertz CT molecular complexity index is 898. The van der Waals surface area contributed by atoms with Crippen LogP contribution in [-0.2, 0) is 11.3 Å². The third kappa shape index (κ3) is 5.03. The highest BCUT2D eigenvalue weighted by Gasteiger charge is 2.32. The number of rotatable bonds is 5. The number of aromatic nitrogens is 1. The molecule has 0 spiro atoms. The smallest absolute Gasteiger partial charge is 0.226 e. The van der Waals surface area contributed by atoms with E-state index in [0.717, 1.165) is 55.9 Å². The van der Waals surface area contributed by atoms with Crippen molar-refractivity contribution in [2.75, 3.05) is 13.1 Å². The highest BCUT2D eigenvalue weighted by molar-refractivity contribution is 5.79. The van der Waals surface area contributed by atoms with E-state index in [1.54, 1.807) is 0 Å². The quantitative estimate of drug-likeness (QED) is 0.726. The Kier molecular flexibility index (Phi) is 6.80. The normalized spacial score (nSPS) is 25.5. The molecule has 2 fully saturated rings. The van der Waals surface area contributed by atoms with Gasteiger partial charge in [0.05, 0.1) is 5.69 Å². The van der Waals surface area contributed by atoms with Gasteiger partial charge < -0.3 is 9.73 Å². The molecule has 1 aliphatic carbocycles. The number of benzene rings is 1. The molecule has 0 radical (unpaired) electrons. The van der Waals surface area contributed by atoms with Gasteiger partial charge in [0.2, 0.25) is 11.8 Å². The molecule has 1 amide bonds. The zero-order chi connectivity index (χ0) is 22.0. The van der Waals surface area contributed by atoms with E-state index in [1.807, 2.05) is 19.1 Å². The maximum absolute atomic E-state index is 12.9. The van der Waals surface area contributed by atoms with E-state index in [1.165, 1.54) is 18.4 Å². The third-order valence-electron chi connectivity index (χ3n) is 7.63. The minimum atomic E-state index is 0.140. The SMILES string of the molecule is Cc1ccccc1-c1nc(CN2CCC(C(=O)N[C@@H]3CCC[C@H](C)[C@@H]3C)CC2)c(C)o1. The lowest BCUT2D eigenvalue weighted by molar-refractivity contribution is -0.128. The van der Waals surface area contributed by atoms with Crippen LogP contribution in [0.15, 0.2) is 28.7 Å². The van der Waals surface area contributed by atoms with Crippen LogP contribution in [-0.4, -0.2) is 34.9 Å². The zero-order valence-corrected chi connectivity index (χ0v) is 19.5. The summed E-state index contributed by atoms with van der Waals surface area (Å²) in [6, 6.07) is 8.55. The first kappa shape index (κ1) is 22.1. The maximum atomic E-state index is 12.9. The lowest BCUT2D eigenvalue weighted by Gasteiger charge is -2.36. The van der Waals surface area contributed by atoms with Gasteiger partial charge in [-0.15, -0.1) is 0 Å². The zero-order valence-electron chi connectivity index (χ0n) is 19.5. The standard InChI is InChI=1S/C26H37N3O2/c1-17-9-7-11-23(19(17)3)27-25(30)21-12-14-29(15-13-21)16-24-20(4)31-26(28-24)22-10-6-5-8-18(22)2/h5-6,8,10,17,19,21,23H,7,9,11-16H2,1-4H3,(H,27,30)/t17-,19-,23+/m0/s1. The fourth-order valence-electron chi connectivity index (χ4n) is 5.15. The lowest BCUT2D eigenvalue weighted by atomic mass is 9.78. The molecule has 5 heteroatoms. The van der Waals surface area contributed by atoms with Gasteiger partial charge in [-0.2, -0.15) is 0 Å². The highest BCUT2D eigenvalue weighted by Crippen LogP contribution is 2.30. The van der Waals surface area contributed by atoms with Gasteiger partial charge in [-0.3, -0.25) is 9.69 Å². The summed E-state index contributed by atoms with van der Waals surface area (Å²) in [5, 5.41) is 3.38. The molecule has 3 atom stereocenters. The Morgan fingerprint density at radius 3 is 2.61 bits per heavy atom. The molecule has 1 N–H and O–H groups in total. The van der Waals surface area contributed by atoms with E-state index in [-0.39, 0.29) is 11.8 Å². The van der Waals surface area contributed by atoms with Crippen molar-refractivity contribution in [3.05, 3.63) is 41.3 Å². The summed E-state index contributed by atoms with van der Waals surface area (Å²) in [7, 11) is 0. The van der Waals surface area contributed by atoms with Crippen LogP contribution in [0.5, 0.6) is 0 Å². The van der Waals surface area contributed by atoms with Crippen LogP contribution in [0.1, 0.15) is 63.0 Å². The molecule has 168 valence electrons. The number of oxazole rings is 1. The Balaban J connectivity index is 1.30. The van der Waals surface area contributed by atoms with Gasteiger partial charge in [-0.05, 0) is 69.7 Å². The Labute approximate surface area is 186 Å². The summed E-state index contributed by atoms with van der Waals surface area (Å²) in [6.07, 6.45) is 5.49. The lowest BCUT2D eigenvalue weighted by Crippen LogP contribution is -2.48. The molecule has 0 bridgehead atoms. The summed E-state index contributed by atoms with van der Waals surface area (Å²) in [4.78, 5) is 20.1. The molecular weight excluding hydrogens is 386 g/mol. The second kappa shape index (κ2) is 9.56. The van der Waals surface area contributed by atoms with Crippen LogP contribution in [0, 0.1) is 31.6 Å². The van der Waals surface area contributed by atoms with Gasteiger partial charge in [-0.25, -0.2) is 4.98 Å². The van der Waals surface area contributed by atoms with Crippen LogP contribution < -0.4 is 5.32 Å². The molecule has 1 saturated heterocycles. The van der Waals surface area contributed by atoms with Crippen molar-refractivity contribution in [3.8, 4) is 11.5 Å². The van der Waals surface area contributed by atoms with E-state index in [9.17, 15) is 4.79 Å². The number of nitrogens with zero attached hydrogens (tertiary/aromatic N) is 2. The molecule has 2 heterocycles. The molecule has 0 unspecified atom stereocenters. The van der Waals surface area contributed by atoms with Crippen LogP contribution in [0.25, 0.3) is 11.5 Å². The number of hydrogen-bond donors (Lipinski definition) is 1. The maximum Gasteiger partial charge on any atom is 0.226 e. The number of nitrogens with one attached hydrogen (secondary N) is 1. The van der Waals surface area contributed by atoms with Crippen molar-refractivity contribution < 1.29 is 9.21 Å². The summed E-state index contributed by atoms with van der Waals surface area (Å²) in [5.41, 5.74) is 3.23. The largest absolute Gasteiger partial charge is 0.441 e. The van der Waals surface area contributed by atoms with Crippen LogP contribution >= 0.6 is 0 Å². The summed E-state index contributed by atoms with van der Waals surface area (Å²) in [6.45, 7) is 11.3. The Morgan fingerprint density at radius 1 is 1.13 bits per heavy atom. The molecule has 1 aliphatic heterocycles. The van der Waals surface area contributed by atoms with Crippen molar-refractivity contribution in [2.24, 2.45) is 17.8 Å². The monoisotopic (exact) mass is 423 g/mol. The fourth-order valence-corrected chi connectivity index (χ4v) is 5.15. The van der Waals surface area contributed by atoms with Crippen molar-refractivity contribution in [3.63, 3.8) is 0 Å². The Morgan fingerprint density at radius 2 is 1.87 bits per heavy atom. The first-order valence-corrected chi connectivity index (χ1v) is 12.0. The number of hydrogen-bond acceptors (Lipinski definition) is 4. The van der Waals surface area contributed by atoms with Crippen molar-refractivity contribution in [1.82, 2.24) is 15.2 Å². The van der Waals surface area contributed by atoms with Gasteiger partial charge in [0.25, 0.3) is 0 Å². The van der Waals surface area contributed by atoms with E-state index >= 15 is 0 Å². The number of likely N-dealkylation sites (tertiary alicyclic amines) is 1. The summed E-state index contributed by atoms with van der Waals surface area (Å²) >= 11 is 0. The fraction of sp³-hybridized carbons (Fsp3) is 0.615. The van der Waals surface area contributed by atoms with Gasteiger partial charge in [0.15, 0.2) is 0 Å². The van der Waals surface area contributed by atoms with E-state index in [2.05, 4.69) is 43.1 Å². The second-order valence-electron chi connectivity index (χ2n) is 9.77. The van der Waals surface area contributed by atoms with E-state index in [4.69, 9.17) is 9.40 Å². The van der Waals surface area contributed by atoms with Gasteiger partial charge >= 0.3 is 0 Å². The topological polar surface area (TPSA) is 58.4 Å². The van der Waals surface area contributed by atoms with Crippen LogP contribution in [0.2, 0.25) is 0 Å². The number of carbonyl (C=O) groups is 1. The molecule has 2 aromatic rings. The summed E-state index contributed by atoms with van der Waals surface area (Å²) < 4.78 is 5.98. The molecule has 2 aliphatic rings. The number of piperidine rings is 1. The molecule has 1 aromatic heterocycles. The third-order valence-corrected chi connectivity index (χ3v) is 7.63. The van der Waals surface area contributed by atoms with Crippen molar-refractivity contribution >= 4 is 5.91 Å². The number of aryl methyl sites for hydroxylation is 2. The first-order chi connectivity index (χ1) is 14.9. The number of amides is 1. The molecule has 1 saturated carbocycles. The number of carbonyl (C=O) groups excluding carboxylic acids is 1. The predicted octanol–water partition coefficient (Wildman–Crippen LogP) is 5.11. The van der Waals surface area contributed by atoms with Crippen LogP contribution in [0.3, 0.4) is 0 Å². The van der Waals surface area contributed by atoms with Gasteiger partial charge in [0, 0.05) is 24.1 Å². The van der Waals surface area contributed by atoms with E-state index in [0.29, 0.717) is 23.8 Å². The minimum Gasteiger partial charge on any atom is -0.441 e. The van der Waals surface area contributed by atoms with Crippen LogP contribution in [0.4, 0.5) is 0 Å². The molecule has 31 heavy (non-hydrogen) atoms. The molecule has 4 rings (SSSR count).